The number of aryl methyl sites for hydroxylation is 1. The van der Waals surface area contributed by atoms with Gasteiger partial charge in [-0.1, -0.05) is 51.5 Å². The van der Waals surface area contributed by atoms with Crippen LogP contribution in [0.2, 0.25) is 0 Å². The summed E-state index contributed by atoms with van der Waals surface area (Å²) in [7, 11) is 0. The number of aliphatic hydroxyl groups excluding tert-OH is 1. The fourth-order valence-electron chi connectivity index (χ4n) is 4.27. The highest BCUT2D eigenvalue weighted by Crippen LogP contribution is 2.29. The van der Waals surface area contributed by atoms with Gasteiger partial charge in [0.2, 0.25) is 11.8 Å². The molecule has 0 radical (unpaired) electrons. The Bertz CT molecular complexity index is 881. The Kier molecular flexibility index (Phi) is 13.1. The number of ether oxygens (including phenoxy) is 1. The molecule has 0 heterocycles. The first-order valence-corrected chi connectivity index (χ1v) is 13.5. The van der Waals surface area contributed by atoms with E-state index in [0.717, 1.165) is 24.8 Å². The van der Waals surface area contributed by atoms with Crippen molar-refractivity contribution in [3.05, 3.63) is 35.4 Å². The number of carbonyl (C=O) groups excluding carboxylic acids is 3. The summed E-state index contributed by atoms with van der Waals surface area (Å²) in [5, 5.41) is 15.7. The Labute approximate surface area is 223 Å². The van der Waals surface area contributed by atoms with E-state index in [9.17, 15) is 19.5 Å². The second kappa shape index (κ2) is 15.0. The number of aliphatic hydroxyl groups is 1. The quantitative estimate of drug-likeness (QED) is 0.344. The minimum atomic E-state index is -1.26. The van der Waals surface area contributed by atoms with Gasteiger partial charge in [0.15, 0.2) is 0 Å². The predicted molar refractivity (Wildman–Crippen MR) is 147 cm³/mol. The molecule has 0 saturated heterocycles. The van der Waals surface area contributed by atoms with Crippen LogP contribution in [0.3, 0.4) is 0 Å². The lowest BCUT2D eigenvalue weighted by molar-refractivity contribution is -0.146. The summed E-state index contributed by atoms with van der Waals surface area (Å²) in [5.74, 6) is -0.409. The molecule has 1 aromatic rings. The van der Waals surface area contributed by atoms with E-state index in [4.69, 9.17) is 4.74 Å². The van der Waals surface area contributed by atoms with Crippen LogP contribution in [-0.2, 0) is 14.3 Å². The van der Waals surface area contributed by atoms with Crippen molar-refractivity contribution in [1.82, 2.24) is 15.5 Å². The van der Waals surface area contributed by atoms with Crippen molar-refractivity contribution >= 4 is 17.9 Å². The van der Waals surface area contributed by atoms with Gasteiger partial charge in [-0.05, 0) is 77.8 Å². The second-order valence-corrected chi connectivity index (χ2v) is 11.4. The number of amides is 3. The minimum absolute atomic E-state index is 0.0690. The molecular formula is C29H49N3O5. The van der Waals surface area contributed by atoms with Crippen molar-refractivity contribution in [3.8, 4) is 0 Å². The Balaban J connectivity index is 3.54. The average Bonchev–Trinajstić information content (AvgIpc) is 2.78. The largest absolute Gasteiger partial charge is 0.444 e. The molecule has 4 unspecified atom stereocenters. The summed E-state index contributed by atoms with van der Waals surface area (Å²) >= 11 is 0. The Morgan fingerprint density at radius 3 is 2.14 bits per heavy atom. The number of nitrogens with one attached hydrogen (secondary N) is 2. The molecule has 0 fully saturated rings. The first-order valence-electron chi connectivity index (χ1n) is 13.5. The van der Waals surface area contributed by atoms with E-state index >= 15 is 0 Å². The van der Waals surface area contributed by atoms with E-state index in [1.54, 1.807) is 20.8 Å². The average molecular weight is 520 g/mol. The van der Waals surface area contributed by atoms with Gasteiger partial charge in [-0.2, -0.15) is 0 Å². The van der Waals surface area contributed by atoms with Crippen molar-refractivity contribution in [2.45, 2.75) is 118 Å². The molecule has 3 amide bonds. The first kappa shape index (κ1) is 32.4. The molecule has 0 aliphatic rings. The molecular weight excluding hydrogens is 470 g/mol. The van der Waals surface area contributed by atoms with Crippen LogP contribution in [-0.4, -0.2) is 58.2 Å². The summed E-state index contributed by atoms with van der Waals surface area (Å²) in [6.07, 6.45) is 2.43. The molecule has 210 valence electrons. The van der Waals surface area contributed by atoms with E-state index < -0.39 is 36.3 Å². The van der Waals surface area contributed by atoms with Crippen molar-refractivity contribution in [3.63, 3.8) is 0 Å². The number of benzene rings is 1. The number of rotatable bonds is 13. The highest BCUT2D eigenvalue weighted by molar-refractivity contribution is 5.92. The van der Waals surface area contributed by atoms with Gasteiger partial charge in [-0.15, -0.1) is 0 Å². The monoisotopic (exact) mass is 519 g/mol. The van der Waals surface area contributed by atoms with Crippen LogP contribution >= 0.6 is 0 Å². The highest BCUT2D eigenvalue weighted by Gasteiger charge is 2.39. The van der Waals surface area contributed by atoms with Crippen molar-refractivity contribution in [2.24, 2.45) is 5.92 Å². The molecule has 0 aliphatic carbocycles. The van der Waals surface area contributed by atoms with Gasteiger partial charge in [-0.3, -0.25) is 9.59 Å². The summed E-state index contributed by atoms with van der Waals surface area (Å²) < 4.78 is 5.32. The lowest BCUT2D eigenvalue weighted by Crippen LogP contribution is -2.57. The maximum atomic E-state index is 14.0. The van der Waals surface area contributed by atoms with Crippen molar-refractivity contribution < 1.29 is 24.2 Å². The van der Waals surface area contributed by atoms with Gasteiger partial charge in [0.05, 0.1) is 6.61 Å². The smallest absolute Gasteiger partial charge is 0.408 e. The SMILES string of the molecule is CCCC(C)NC(=O)C(c1ccccc1C)N(C(=O)C(CO)NC(=O)OC(C)(C)C)C(C)CCC(C)C. The predicted octanol–water partition coefficient (Wildman–Crippen LogP) is 4.88. The van der Waals surface area contributed by atoms with Crippen LogP contribution < -0.4 is 10.6 Å². The standard InChI is InChI=1S/C29H49N3O5/c1-10-13-21(5)30-26(34)25(23-15-12-11-14-20(23)4)32(22(6)17-16-19(2)3)27(35)24(18-33)31-28(36)37-29(7,8)9/h11-12,14-15,19,21-22,24-25,33H,10,13,16-18H2,1-9H3,(H,30,34)(H,31,36). The number of hydrogen-bond acceptors (Lipinski definition) is 5. The third kappa shape index (κ3) is 10.7. The fourth-order valence-corrected chi connectivity index (χ4v) is 4.27. The van der Waals surface area contributed by atoms with Crippen molar-refractivity contribution in [1.29, 1.82) is 0 Å². The molecule has 37 heavy (non-hydrogen) atoms. The molecule has 0 aliphatic heterocycles. The van der Waals surface area contributed by atoms with Crippen LogP contribution in [0.1, 0.15) is 98.2 Å². The van der Waals surface area contributed by atoms with E-state index in [1.165, 1.54) is 4.90 Å². The molecule has 8 nitrogen and oxygen atoms in total. The summed E-state index contributed by atoms with van der Waals surface area (Å²) in [5.41, 5.74) is 0.818. The molecule has 4 atom stereocenters. The lowest BCUT2D eigenvalue weighted by Gasteiger charge is -2.39. The van der Waals surface area contributed by atoms with Crippen LogP contribution in [0, 0.1) is 12.8 Å². The zero-order valence-corrected chi connectivity index (χ0v) is 24.3. The second-order valence-electron chi connectivity index (χ2n) is 11.4. The third-order valence-electron chi connectivity index (χ3n) is 6.18. The summed E-state index contributed by atoms with van der Waals surface area (Å²) in [4.78, 5) is 41.9. The molecule has 0 spiro atoms. The maximum Gasteiger partial charge on any atom is 0.408 e. The highest BCUT2D eigenvalue weighted by atomic mass is 16.6. The zero-order chi connectivity index (χ0) is 28.3. The van der Waals surface area contributed by atoms with Crippen LogP contribution in [0.4, 0.5) is 4.79 Å². The van der Waals surface area contributed by atoms with Crippen LogP contribution in [0.25, 0.3) is 0 Å². The van der Waals surface area contributed by atoms with E-state index in [2.05, 4.69) is 31.4 Å². The Morgan fingerprint density at radius 2 is 1.62 bits per heavy atom. The topological polar surface area (TPSA) is 108 Å². The van der Waals surface area contributed by atoms with E-state index in [-0.39, 0.29) is 18.0 Å². The van der Waals surface area contributed by atoms with Gasteiger partial charge in [-0.25, -0.2) is 4.79 Å². The number of hydrogen-bond donors (Lipinski definition) is 3. The summed E-state index contributed by atoms with van der Waals surface area (Å²) in [6, 6.07) is 4.92. The molecule has 1 rings (SSSR count). The van der Waals surface area contributed by atoms with Crippen LogP contribution in [0.5, 0.6) is 0 Å². The molecule has 0 aromatic heterocycles. The fraction of sp³-hybridized carbons (Fsp3) is 0.690. The molecule has 0 saturated carbocycles. The van der Waals surface area contributed by atoms with Gasteiger partial charge >= 0.3 is 6.09 Å². The Morgan fingerprint density at radius 1 is 1.00 bits per heavy atom. The lowest BCUT2D eigenvalue weighted by atomic mass is 9.94. The summed E-state index contributed by atoms with van der Waals surface area (Å²) in [6.45, 7) is 16.6. The molecule has 3 N–H and O–H groups in total. The van der Waals surface area contributed by atoms with Gasteiger partial charge in [0.1, 0.15) is 17.7 Å². The van der Waals surface area contributed by atoms with Crippen LogP contribution in [0.15, 0.2) is 24.3 Å². The van der Waals surface area contributed by atoms with Gasteiger partial charge in [0, 0.05) is 12.1 Å². The van der Waals surface area contributed by atoms with E-state index in [1.807, 2.05) is 45.0 Å². The zero-order valence-electron chi connectivity index (χ0n) is 24.3. The number of nitrogens with zero attached hydrogens (tertiary/aromatic N) is 1. The van der Waals surface area contributed by atoms with Crippen molar-refractivity contribution in [2.75, 3.05) is 6.61 Å². The van der Waals surface area contributed by atoms with E-state index in [0.29, 0.717) is 17.9 Å². The third-order valence-corrected chi connectivity index (χ3v) is 6.18. The molecule has 0 bridgehead atoms. The molecule has 1 aromatic carbocycles. The number of carbonyl (C=O) groups is 3. The maximum absolute atomic E-state index is 14.0. The minimum Gasteiger partial charge on any atom is -0.444 e. The van der Waals surface area contributed by atoms with Gasteiger partial charge in [0.25, 0.3) is 0 Å². The normalized spacial score (nSPS) is 14.9. The van der Waals surface area contributed by atoms with Gasteiger partial charge < -0.3 is 25.4 Å². The molecule has 8 heteroatoms. The first-order chi connectivity index (χ1) is 17.2. The Hall–Kier alpha value is -2.61. The number of alkyl carbamates (subject to hydrolysis) is 1.